The van der Waals surface area contributed by atoms with Crippen molar-refractivity contribution in [3.8, 4) is 5.75 Å². The third kappa shape index (κ3) is 7.34. The molecule has 1 aromatic carbocycles. The summed E-state index contributed by atoms with van der Waals surface area (Å²) in [4.78, 5) is 22.5. The second kappa shape index (κ2) is 9.80. The molecule has 0 atom stereocenters. The Morgan fingerprint density at radius 3 is 2.62 bits per heavy atom. The number of para-hydroxylation sites is 1. The number of ether oxygens (including phenoxy) is 2. The van der Waals surface area contributed by atoms with Crippen LogP contribution >= 0.6 is 0 Å². The monoisotopic (exact) mass is 293 g/mol. The van der Waals surface area contributed by atoms with E-state index in [1.807, 2.05) is 31.2 Å². The summed E-state index contributed by atoms with van der Waals surface area (Å²) in [6, 6.07) is 7.59. The molecule has 0 bridgehead atoms. The number of aryl methyl sites for hydroxylation is 1. The van der Waals surface area contributed by atoms with Gasteiger partial charge in [-0.05, 0) is 31.4 Å². The Balaban J connectivity index is 2.07. The molecular weight excluding hydrogens is 270 g/mol. The summed E-state index contributed by atoms with van der Waals surface area (Å²) in [6.45, 7) is 2.55. The van der Waals surface area contributed by atoms with Crippen LogP contribution in [-0.4, -0.2) is 32.1 Å². The Morgan fingerprint density at radius 2 is 1.90 bits per heavy atom. The smallest absolute Gasteiger partial charge is 0.305 e. The Bertz CT molecular complexity index is 459. The SMILES string of the molecule is COC(=O)CCCCCNC(=O)COc1ccccc1C. The first-order valence-corrected chi connectivity index (χ1v) is 7.15. The van der Waals surface area contributed by atoms with Crippen molar-refractivity contribution in [2.45, 2.75) is 32.6 Å². The van der Waals surface area contributed by atoms with Gasteiger partial charge in [-0.15, -0.1) is 0 Å². The van der Waals surface area contributed by atoms with E-state index < -0.39 is 0 Å². The van der Waals surface area contributed by atoms with Crippen molar-refractivity contribution in [2.24, 2.45) is 0 Å². The highest BCUT2D eigenvalue weighted by atomic mass is 16.5. The van der Waals surface area contributed by atoms with Crippen molar-refractivity contribution in [1.29, 1.82) is 0 Å². The minimum atomic E-state index is -0.189. The van der Waals surface area contributed by atoms with Gasteiger partial charge in [0.1, 0.15) is 5.75 Å². The maximum atomic E-state index is 11.6. The first-order chi connectivity index (χ1) is 10.1. The fraction of sp³-hybridized carbons (Fsp3) is 0.500. The largest absolute Gasteiger partial charge is 0.484 e. The lowest BCUT2D eigenvalue weighted by molar-refractivity contribution is -0.140. The average Bonchev–Trinajstić information content (AvgIpc) is 2.49. The van der Waals surface area contributed by atoms with Gasteiger partial charge in [-0.2, -0.15) is 0 Å². The van der Waals surface area contributed by atoms with E-state index in [9.17, 15) is 9.59 Å². The standard InChI is InChI=1S/C16H23NO4/c1-13-8-5-6-9-14(13)21-12-15(18)17-11-7-3-4-10-16(19)20-2/h5-6,8-9H,3-4,7,10-12H2,1-2H3,(H,17,18). The predicted octanol–water partition coefficient (Wildman–Crippen LogP) is 2.22. The summed E-state index contributed by atoms with van der Waals surface area (Å²) >= 11 is 0. The number of nitrogens with one attached hydrogen (secondary N) is 1. The van der Waals surface area contributed by atoms with Crippen molar-refractivity contribution in [2.75, 3.05) is 20.3 Å². The van der Waals surface area contributed by atoms with E-state index in [4.69, 9.17) is 4.74 Å². The first kappa shape index (κ1) is 17.0. The Morgan fingerprint density at radius 1 is 1.14 bits per heavy atom. The van der Waals surface area contributed by atoms with Crippen LogP contribution in [0.1, 0.15) is 31.2 Å². The molecule has 0 radical (unpaired) electrons. The number of esters is 1. The van der Waals surface area contributed by atoms with Crippen LogP contribution in [0.3, 0.4) is 0 Å². The van der Waals surface area contributed by atoms with Crippen LogP contribution in [-0.2, 0) is 14.3 Å². The summed E-state index contributed by atoms with van der Waals surface area (Å²) < 4.78 is 10.0. The normalized spacial score (nSPS) is 10.0. The Labute approximate surface area is 125 Å². The van der Waals surface area contributed by atoms with Gasteiger partial charge in [0.05, 0.1) is 7.11 Å². The molecule has 1 aromatic rings. The van der Waals surface area contributed by atoms with E-state index in [1.165, 1.54) is 7.11 Å². The second-order valence-corrected chi connectivity index (χ2v) is 4.79. The van der Waals surface area contributed by atoms with Gasteiger partial charge in [0, 0.05) is 13.0 Å². The van der Waals surface area contributed by atoms with Crippen LogP contribution in [0.4, 0.5) is 0 Å². The molecule has 0 aliphatic rings. The summed E-state index contributed by atoms with van der Waals surface area (Å²) in [7, 11) is 1.39. The number of carbonyl (C=O) groups is 2. The molecule has 5 heteroatoms. The molecule has 0 spiro atoms. The Hall–Kier alpha value is -2.04. The van der Waals surface area contributed by atoms with Crippen LogP contribution < -0.4 is 10.1 Å². The van der Waals surface area contributed by atoms with Gasteiger partial charge < -0.3 is 14.8 Å². The van der Waals surface area contributed by atoms with E-state index in [2.05, 4.69) is 10.1 Å². The van der Waals surface area contributed by atoms with Crippen molar-refractivity contribution in [1.82, 2.24) is 5.32 Å². The lowest BCUT2D eigenvalue weighted by Crippen LogP contribution is -2.29. The van der Waals surface area contributed by atoms with Gasteiger partial charge in [-0.3, -0.25) is 9.59 Å². The van der Waals surface area contributed by atoms with Crippen LogP contribution in [0.15, 0.2) is 24.3 Å². The van der Waals surface area contributed by atoms with Crippen molar-refractivity contribution < 1.29 is 19.1 Å². The van der Waals surface area contributed by atoms with E-state index in [0.29, 0.717) is 13.0 Å². The van der Waals surface area contributed by atoms with Crippen molar-refractivity contribution in [3.05, 3.63) is 29.8 Å². The first-order valence-electron chi connectivity index (χ1n) is 7.15. The molecule has 0 saturated carbocycles. The third-order valence-electron chi connectivity index (χ3n) is 3.06. The topological polar surface area (TPSA) is 64.6 Å². The molecule has 0 fully saturated rings. The summed E-state index contributed by atoms with van der Waals surface area (Å²) in [6.07, 6.45) is 2.93. The van der Waals surface area contributed by atoms with Crippen molar-refractivity contribution >= 4 is 11.9 Å². The number of methoxy groups -OCH3 is 1. The molecule has 116 valence electrons. The fourth-order valence-electron chi connectivity index (χ4n) is 1.81. The summed E-state index contributed by atoms with van der Waals surface area (Å²) in [5, 5.41) is 2.79. The number of unbranched alkanes of at least 4 members (excludes halogenated alkanes) is 2. The van der Waals surface area contributed by atoms with E-state index in [0.717, 1.165) is 30.6 Å². The lowest BCUT2D eigenvalue weighted by atomic mass is 10.2. The molecular formula is C16H23NO4. The molecule has 1 amide bonds. The molecule has 0 aromatic heterocycles. The molecule has 1 rings (SSSR count). The number of benzene rings is 1. The maximum Gasteiger partial charge on any atom is 0.305 e. The van der Waals surface area contributed by atoms with Gasteiger partial charge in [0.2, 0.25) is 0 Å². The van der Waals surface area contributed by atoms with Gasteiger partial charge in [-0.1, -0.05) is 24.6 Å². The minimum Gasteiger partial charge on any atom is -0.484 e. The van der Waals surface area contributed by atoms with E-state index in [-0.39, 0.29) is 18.5 Å². The highest BCUT2D eigenvalue weighted by molar-refractivity contribution is 5.77. The molecule has 21 heavy (non-hydrogen) atoms. The van der Waals surface area contributed by atoms with E-state index >= 15 is 0 Å². The molecule has 1 N–H and O–H groups in total. The quantitative estimate of drug-likeness (QED) is 0.560. The van der Waals surface area contributed by atoms with Gasteiger partial charge in [0.25, 0.3) is 5.91 Å². The van der Waals surface area contributed by atoms with Crippen LogP contribution in [0, 0.1) is 6.92 Å². The zero-order valence-electron chi connectivity index (χ0n) is 12.7. The Kier molecular flexibility index (Phi) is 7.94. The molecule has 0 aliphatic heterocycles. The number of amides is 1. The molecule has 0 unspecified atom stereocenters. The highest BCUT2D eigenvalue weighted by Gasteiger charge is 2.04. The number of hydrogen-bond acceptors (Lipinski definition) is 4. The lowest BCUT2D eigenvalue weighted by Gasteiger charge is -2.09. The highest BCUT2D eigenvalue weighted by Crippen LogP contribution is 2.15. The average molecular weight is 293 g/mol. The van der Waals surface area contributed by atoms with Crippen LogP contribution in [0.25, 0.3) is 0 Å². The van der Waals surface area contributed by atoms with Crippen LogP contribution in [0.5, 0.6) is 5.75 Å². The summed E-state index contributed by atoms with van der Waals surface area (Å²) in [5.74, 6) is 0.405. The van der Waals surface area contributed by atoms with Crippen molar-refractivity contribution in [3.63, 3.8) is 0 Å². The predicted molar refractivity (Wildman–Crippen MR) is 80.2 cm³/mol. The maximum absolute atomic E-state index is 11.6. The summed E-state index contributed by atoms with van der Waals surface area (Å²) in [5.41, 5.74) is 1.01. The van der Waals surface area contributed by atoms with E-state index in [1.54, 1.807) is 0 Å². The second-order valence-electron chi connectivity index (χ2n) is 4.79. The van der Waals surface area contributed by atoms with Gasteiger partial charge in [0.15, 0.2) is 6.61 Å². The molecule has 5 nitrogen and oxygen atoms in total. The van der Waals surface area contributed by atoms with Crippen LogP contribution in [0.2, 0.25) is 0 Å². The minimum absolute atomic E-state index is 0.0208. The molecule has 0 heterocycles. The third-order valence-corrected chi connectivity index (χ3v) is 3.06. The van der Waals surface area contributed by atoms with Gasteiger partial charge in [-0.25, -0.2) is 0 Å². The number of hydrogen-bond donors (Lipinski definition) is 1. The zero-order chi connectivity index (χ0) is 15.5. The number of rotatable bonds is 9. The number of carbonyl (C=O) groups excluding carboxylic acids is 2. The zero-order valence-corrected chi connectivity index (χ0v) is 12.7. The molecule has 0 saturated heterocycles. The fourth-order valence-corrected chi connectivity index (χ4v) is 1.81. The molecule has 0 aliphatic carbocycles. The van der Waals surface area contributed by atoms with Gasteiger partial charge >= 0.3 is 5.97 Å².